The van der Waals surface area contributed by atoms with E-state index < -0.39 is 6.04 Å². The third-order valence-corrected chi connectivity index (χ3v) is 2.45. The van der Waals surface area contributed by atoms with Crippen LogP contribution in [0.2, 0.25) is 0 Å². The van der Waals surface area contributed by atoms with E-state index in [1.807, 2.05) is 32.9 Å². The lowest BCUT2D eigenvalue weighted by atomic mass is 10.1. The molecular weight excluding hydrogens is 216 g/mol. The van der Waals surface area contributed by atoms with Crippen LogP contribution in [0.1, 0.15) is 20.8 Å². The van der Waals surface area contributed by atoms with Gasteiger partial charge in [-0.2, -0.15) is 0 Å². The summed E-state index contributed by atoms with van der Waals surface area (Å²) in [7, 11) is 0. The molecule has 1 rings (SSSR count). The van der Waals surface area contributed by atoms with E-state index >= 15 is 0 Å². The molecular formula is C13H20N2O2. The van der Waals surface area contributed by atoms with Crippen molar-refractivity contribution in [1.82, 2.24) is 0 Å². The molecule has 94 valence electrons. The third-order valence-electron chi connectivity index (χ3n) is 2.45. The van der Waals surface area contributed by atoms with Crippen LogP contribution in [0.15, 0.2) is 24.3 Å². The van der Waals surface area contributed by atoms with Crippen molar-refractivity contribution in [3.63, 3.8) is 0 Å². The largest absolute Gasteiger partial charge is 0.494 e. The van der Waals surface area contributed by atoms with E-state index in [1.165, 1.54) is 0 Å². The average molecular weight is 236 g/mol. The van der Waals surface area contributed by atoms with Gasteiger partial charge in [0.1, 0.15) is 5.75 Å². The van der Waals surface area contributed by atoms with Crippen molar-refractivity contribution in [3.8, 4) is 5.75 Å². The van der Waals surface area contributed by atoms with Gasteiger partial charge in [-0.3, -0.25) is 4.79 Å². The molecule has 0 aliphatic carbocycles. The summed E-state index contributed by atoms with van der Waals surface area (Å²) in [6.07, 6.45) is 0. The first-order chi connectivity index (χ1) is 8.04. The van der Waals surface area contributed by atoms with Gasteiger partial charge in [0.2, 0.25) is 5.91 Å². The van der Waals surface area contributed by atoms with Gasteiger partial charge < -0.3 is 15.8 Å². The number of anilines is 1. The molecule has 0 aromatic heterocycles. The highest BCUT2D eigenvalue weighted by Gasteiger charge is 2.16. The van der Waals surface area contributed by atoms with Gasteiger partial charge in [0, 0.05) is 5.69 Å². The van der Waals surface area contributed by atoms with Crippen molar-refractivity contribution in [1.29, 1.82) is 0 Å². The minimum atomic E-state index is -0.485. The second-order valence-corrected chi connectivity index (χ2v) is 4.22. The molecule has 17 heavy (non-hydrogen) atoms. The highest BCUT2D eigenvalue weighted by molar-refractivity contribution is 5.94. The van der Waals surface area contributed by atoms with E-state index in [0.29, 0.717) is 6.61 Å². The Hall–Kier alpha value is -1.55. The van der Waals surface area contributed by atoms with Crippen LogP contribution in [0.5, 0.6) is 5.75 Å². The highest BCUT2D eigenvalue weighted by atomic mass is 16.5. The van der Waals surface area contributed by atoms with Crippen molar-refractivity contribution in [2.75, 3.05) is 11.9 Å². The van der Waals surface area contributed by atoms with Gasteiger partial charge in [0.25, 0.3) is 0 Å². The fourth-order valence-corrected chi connectivity index (χ4v) is 1.33. The van der Waals surface area contributed by atoms with E-state index in [0.717, 1.165) is 11.4 Å². The number of carbonyl (C=O) groups excluding carboxylic acids is 1. The molecule has 1 aromatic rings. The number of nitrogens with two attached hydrogens (primary N) is 1. The van der Waals surface area contributed by atoms with Crippen molar-refractivity contribution in [2.24, 2.45) is 11.7 Å². The molecule has 0 spiro atoms. The summed E-state index contributed by atoms with van der Waals surface area (Å²) in [5.74, 6) is 0.750. The number of rotatable bonds is 5. The minimum Gasteiger partial charge on any atom is -0.494 e. The first kappa shape index (κ1) is 13.5. The molecule has 1 amide bonds. The first-order valence-corrected chi connectivity index (χ1v) is 5.84. The lowest BCUT2D eigenvalue weighted by Gasteiger charge is -2.15. The second kappa shape index (κ2) is 6.25. The van der Waals surface area contributed by atoms with Crippen LogP contribution in [0.4, 0.5) is 5.69 Å². The number of ether oxygens (including phenoxy) is 1. The van der Waals surface area contributed by atoms with Crippen LogP contribution < -0.4 is 15.8 Å². The molecule has 0 heterocycles. The van der Waals surface area contributed by atoms with Crippen molar-refractivity contribution in [3.05, 3.63) is 24.3 Å². The Morgan fingerprint density at radius 2 is 1.94 bits per heavy atom. The van der Waals surface area contributed by atoms with E-state index in [1.54, 1.807) is 12.1 Å². The van der Waals surface area contributed by atoms with Crippen molar-refractivity contribution >= 4 is 11.6 Å². The van der Waals surface area contributed by atoms with Crippen LogP contribution in [-0.2, 0) is 4.79 Å². The molecule has 1 atom stereocenters. The zero-order valence-corrected chi connectivity index (χ0v) is 10.6. The number of carbonyl (C=O) groups is 1. The Morgan fingerprint density at radius 1 is 1.35 bits per heavy atom. The SMILES string of the molecule is CCOc1ccc(NC(=O)C(N)C(C)C)cc1. The maximum Gasteiger partial charge on any atom is 0.241 e. The Balaban J connectivity index is 2.60. The number of hydrogen-bond donors (Lipinski definition) is 2. The Labute approximate surface area is 102 Å². The summed E-state index contributed by atoms with van der Waals surface area (Å²) in [5, 5.41) is 2.77. The van der Waals surface area contributed by atoms with Gasteiger partial charge in [-0.15, -0.1) is 0 Å². The zero-order chi connectivity index (χ0) is 12.8. The van der Waals surface area contributed by atoms with E-state index in [-0.39, 0.29) is 11.8 Å². The lowest BCUT2D eigenvalue weighted by Crippen LogP contribution is -2.39. The van der Waals surface area contributed by atoms with Crippen LogP contribution >= 0.6 is 0 Å². The lowest BCUT2D eigenvalue weighted by molar-refractivity contribution is -0.118. The summed E-state index contributed by atoms with van der Waals surface area (Å²) >= 11 is 0. The molecule has 0 aliphatic heterocycles. The third kappa shape index (κ3) is 4.07. The van der Waals surface area contributed by atoms with E-state index in [4.69, 9.17) is 10.5 Å². The fraction of sp³-hybridized carbons (Fsp3) is 0.462. The van der Waals surface area contributed by atoms with Gasteiger partial charge in [0.05, 0.1) is 12.6 Å². The zero-order valence-electron chi connectivity index (χ0n) is 10.6. The summed E-state index contributed by atoms with van der Waals surface area (Å²) < 4.78 is 5.31. The van der Waals surface area contributed by atoms with Crippen LogP contribution in [0, 0.1) is 5.92 Å². The van der Waals surface area contributed by atoms with Gasteiger partial charge in [-0.25, -0.2) is 0 Å². The van der Waals surface area contributed by atoms with Crippen LogP contribution in [-0.4, -0.2) is 18.6 Å². The number of amides is 1. The normalized spacial score (nSPS) is 12.3. The summed E-state index contributed by atoms with van der Waals surface area (Å²) in [6.45, 7) is 6.39. The Morgan fingerprint density at radius 3 is 2.41 bits per heavy atom. The molecule has 1 unspecified atom stereocenters. The highest BCUT2D eigenvalue weighted by Crippen LogP contribution is 2.16. The average Bonchev–Trinajstić information content (AvgIpc) is 2.30. The Bertz CT molecular complexity index is 360. The molecule has 0 bridgehead atoms. The maximum atomic E-state index is 11.7. The molecule has 4 heteroatoms. The monoisotopic (exact) mass is 236 g/mol. The molecule has 0 aliphatic rings. The molecule has 0 saturated heterocycles. The molecule has 4 nitrogen and oxygen atoms in total. The van der Waals surface area contributed by atoms with Crippen molar-refractivity contribution in [2.45, 2.75) is 26.8 Å². The second-order valence-electron chi connectivity index (χ2n) is 4.22. The molecule has 3 N–H and O–H groups in total. The summed E-state index contributed by atoms with van der Waals surface area (Å²) in [5.41, 5.74) is 6.48. The van der Waals surface area contributed by atoms with E-state index in [2.05, 4.69) is 5.32 Å². The number of benzene rings is 1. The van der Waals surface area contributed by atoms with E-state index in [9.17, 15) is 4.79 Å². The predicted octanol–water partition coefficient (Wildman–Crippen LogP) is 2.01. The topological polar surface area (TPSA) is 64.3 Å². The minimum absolute atomic E-state index is 0.123. The molecule has 1 aromatic carbocycles. The van der Waals surface area contributed by atoms with Crippen LogP contribution in [0.25, 0.3) is 0 Å². The standard InChI is InChI=1S/C13H20N2O2/c1-4-17-11-7-5-10(6-8-11)15-13(16)12(14)9(2)3/h5-9,12H,4,14H2,1-3H3,(H,15,16). The maximum absolute atomic E-state index is 11.7. The van der Waals surface area contributed by atoms with Crippen LogP contribution in [0.3, 0.4) is 0 Å². The number of hydrogen-bond acceptors (Lipinski definition) is 3. The van der Waals surface area contributed by atoms with Gasteiger partial charge in [-0.1, -0.05) is 13.8 Å². The Kier molecular flexibility index (Phi) is 4.97. The number of nitrogens with one attached hydrogen (secondary N) is 1. The molecule has 0 radical (unpaired) electrons. The molecule has 0 fully saturated rings. The quantitative estimate of drug-likeness (QED) is 0.822. The smallest absolute Gasteiger partial charge is 0.241 e. The molecule has 0 saturated carbocycles. The summed E-state index contributed by atoms with van der Waals surface area (Å²) in [6, 6.07) is 6.76. The predicted molar refractivity (Wildman–Crippen MR) is 69.1 cm³/mol. The summed E-state index contributed by atoms with van der Waals surface area (Å²) in [4.78, 5) is 11.7. The van der Waals surface area contributed by atoms with Gasteiger partial charge in [0.15, 0.2) is 0 Å². The fourth-order valence-electron chi connectivity index (χ4n) is 1.33. The van der Waals surface area contributed by atoms with Crippen molar-refractivity contribution < 1.29 is 9.53 Å². The van der Waals surface area contributed by atoms with Gasteiger partial charge in [-0.05, 0) is 37.1 Å². The first-order valence-electron chi connectivity index (χ1n) is 5.84. The van der Waals surface area contributed by atoms with Gasteiger partial charge >= 0.3 is 0 Å².